The van der Waals surface area contributed by atoms with Crippen molar-refractivity contribution < 1.29 is 13.5 Å². The molecule has 90 valence electrons. The van der Waals surface area contributed by atoms with Gasteiger partial charge in [0.25, 0.3) is 0 Å². The maximum absolute atomic E-state index is 12.8. The van der Waals surface area contributed by atoms with Gasteiger partial charge in [-0.05, 0) is 30.7 Å². The van der Waals surface area contributed by atoms with Crippen molar-refractivity contribution in [2.45, 2.75) is 19.1 Å². The van der Waals surface area contributed by atoms with E-state index in [4.69, 9.17) is 4.74 Å². The van der Waals surface area contributed by atoms with Crippen molar-refractivity contribution in [3.05, 3.63) is 35.4 Å². The standard InChI is InChI=1S/C11H13F2NO.ClH/c12-9-3-8(4-10(13)5-9)7-15-11-1-2-14-6-11;/h3-5,11,14H,1-2,6-7H2;1H. The monoisotopic (exact) mass is 249 g/mol. The summed E-state index contributed by atoms with van der Waals surface area (Å²) >= 11 is 0. The molecular weight excluding hydrogens is 236 g/mol. The molecule has 0 bridgehead atoms. The normalized spacial score (nSPS) is 19.5. The zero-order valence-electron chi connectivity index (χ0n) is 8.71. The van der Waals surface area contributed by atoms with E-state index in [1.54, 1.807) is 0 Å². The Labute approximate surface area is 99.4 Å². The summed E-state index contributed by atoms with van der Waals surface area (Å²) in [5, 5.41) is 3.16. The molecule has 0 spiro atoms. The Hall–Kier alpha value is -0.710. The Balaban J connectivity index is 0.00000128. The first-order valence-corrected chi connectivity index (χ1v) is 5.01. The van der Waals surface area contributed by atoms with E-state index in [0.29, 0.717) is 5.56 Å². The Morgan fingerprint density at radius 3 is 2.50 bits per heavy atom. The van der Waals surface area contributed by atoms with Gasteiger partial charge in [-0.1, -0.05) is 0 Å². The van der Waals surface area contributed by atoms with Crippen molar-refractivity contribution in [2.75, 3.05) is 13.1 Å². The lowest BCUT2D eigenvalue weighted by molar-refractivity contribution is 0.0539. The Kier molecular flexibility index (Phi) is 5.12. The van der Waals surface area contributed by atoms with Crippen LogP contribution in [0.3, 0.4) is 0 Å². The summed E-state index contributed by atoms with van der Waals surface area (Å²) in [4.78, 5) is 0. The molecule has 0 radical (unpaired) electrons. The molecule has 2 rings (SSSR count). The smallest absolute Gasteiger partial charge is 0.126 e. The fourth-order valence-corrected chi connectivity index (χ4v) is 1.68. The second kappa shape index (κ2) is 6.13. The van der Waals surface area contributed by atoms with E-state index in [0.717, 1.165) is 25.6 Å². The van der Waals surface area contributed by atoms with Gasteiger partial charge in [-0.3, -0.25) is 0 Å². The molecule has 1 atom stereocenters. The highest BCUT2D eigenvalue weighted by Crippen LogP contribution is 2.11. The zero-order chi connectivity index (χ0) is 10.7. The molecule has 0 saturated carbocycles. The van der Waals surface area contributed by atoms with Gasteiger partial charge < -0.3 is 10.1 Å². The van der Waals surface area contributed by atoms with E-state index in [2.05, 4.69) is 5.32 Å². The van der Waals surface area contributed by atoms with Gasteiger partial charge in [0, 0.05) is 12.6 Å². The molecule has 0 aromatic heterocycles. The van der Waals surface area contributed by atoms with Crippen LogP contribution in [0, 0.1) is 11.6 Å². The van der Waals surface area contributed by atoms with Crippen molar-refractivity contribution in [3.63, 3.8) is 0 Å². The largest absolute Gasteiger partial charge is 0.372 e. The number of rotatable bonds is 3. The van der Waals surface area contributed by atoms with Crippen LogP contribution in [0.25, 0.3) is 0 Å². The van der Waals surface area contributed by atoms with Gasteiger partial charge in [-0.15, -0.1) is 12.4 Å². The Morgan fingerprint density at radius 1 is 1.25 bits per heavy atom. The lowest BCUT2D eigenvalue weighted by Crippen LogP contribution is -2.16. The van der Waals surface area contributed by atoms with E-state index >= 15 is 0 Å². The van der Waals surface area contributed by atoms with Crippen LogP contribution in [0.1, 0.15) is 12.0 Å². The minimum atomic E-state index is -0.557. The summed E-state index contributed by atoms with van der Waals surface area (Å²) in [7, 11) is 0. The summed E-state index contributed by atoms with van der Waals surface area (Å²) in [5.74, 6) is -1.11. The predicted octanol–water partition coefficient (Wildman–Crippen LogP) is 2.27. The molecule has 1 aromatic rings. The van der Waals surface area contributed by atoms with Crippen LogP contribution in [0.4, 0.5) is 8.78 Å². The fourth-order valence-electron chi connectivity index (χ4n) is 1.68. The van der Waals surface area contributed by atoms with Crippen LogP contribution in [-0.2, 0) is 11.3 Å². The molecule has 0 amide bonds. The predicted molar refractivity (Wildman–Crippen MR) is 59.7 cm³/mol. The minimum absolute atomic E-state index is 0. The summed E-state index contributed by atoms with van der Waals surface area (Å²) in [6.07, 6.45) is 1.12. The molecule has 1 aromatic carbocycles. The van der Waals surface area contributed by atoms with Crippen LogP contribution < -0.4 is 5.32 Å². The summed E-state index contributed by atoms with van der Waals surface area (Å²) in [6.45, 7) is 2.03. The first-order chi connectivity index (χ1) is 7.24. The Bertz CT molecular complexity index is 323. The fraction of sp³-hybridized carbons (Fsp3) is 0.455. The molecule has 1 saturated heterocycles. The number of hydrogen-bond donors (Lipinski definition) is 1. The molecular formula is C11H14ClF2NO. The van der Waals surface area contributed by atoms with Crippen LogP contribution in [0.15, 0.2) is 18.2 Å². The van der Waals surface area contributed by atoms with Crippen molar-refractivity contribution in [1.82, 2.24) is 5.32 Å². The lowest BCUT2D eigenvalue weighted by Gasteiger charge is -2.10. The van der Waals surface area contributed by atoms with Crippen molar-refractivity contribution >= 4 is 12.4 Å². The second-order valence-electron chi connectivity index (χ2n) is 3.70. The topological polar surface area (TPSA) is 21.3 Å². The van der Waals surface area contributed by atoms with Crippen LogP contribution in [0.5, 0.6) is 0 Å². The van der Waals surface area contributed by atoms with Crippen LogP contribution >= 0.6 is 12.4 Å². The van der Waals surface area contributed by atoms with Gasteiger partial charge in [-0.2, -0.15) is 0 Å². The molecule has 16 heavy (non-hydrogen) atoms. The second-order valence-corrected chi connectivity index (χ2v) is 3.70. The summed E-state index contributed by atoms with van der Waals surface area (Å²) < 4.78 is 31.1. The third-order valence-corrected chi connectivity index (χ3v) is 2.42. The van der Waals surface area contributed by atoms with E-state index in [9.17, 15) is 8.78 Å². The lowest BCUT2D eigenvalue weighted by atomic mass is 10.2. The maximum atomic E-state index is 12.8. The Morgan fingerprint density at radius 2 is 1.94 bits per heavy atom. The number of benzene rings is 1. The average Bonchev–Trinajstić information content (AvgIpc) is 2.65. The number of halogens is 3. The van der Waals surface area contributed by atoms with Gasteiger partial charge in [0.15, 0.2) is 0 Å². The van der Waals surface area contributed by atoms with Gasteiger partial charge >= 0.3 is 0 Å². The molecule has 0 aliphatic carbocycles. The summed E-state index contributed by atoms with van der Waals surface area (Å²) in [6, 6.07) is 3.46. The molecule has 1 aliphatic rings. The highest BCUT2D eigenvalue weighted by molar-refractivity contribution is 5.85. The number of ether oxygens (including phenoxy) is 1. The molecule has 5 heteroatoms. The minimum Gasteiger partial charge on any atom is -0.372 e. The SMILES string of the molecule is Cl.Fc1cc(F)cc(COC2CCNC2)c1. The van der Waals surface area contributed by atoms with Gasteiger partial charge in [-0.25, -0.2) is 8.78 Å². The van der Waals surface area contributed by atoms with Crippen molar-refractivity contribution in [2.24, 2.45) is 0 Å². The van der Waals surface area contributed by atoms with E-state index in [1.807, 2.05) is 0 Å². The quantitative estimate of drug-likeness (QED) is 0.887. The van der Waals surface area contributed by atoms with Gasteiger partial charge in [0.05, 0.1) is 12.7 Å². The number of hydrogen-bond acceptors (Lipinski definition) is 2. The first kappa shape index (κ1) is 13.4. The van der Waals surface area contributed by atoms with Crippen molar-refractivity contribution in [1.29, 1.82) is 0 Å². The third-order valence-electron chi connectivity index (χ3n) is 2.42. The zero-order valence-corrected chi connectivity index (χ0v) is 9.53. The third kappa shape index (κ3) is 3.70. The highest BCUT2D eigenvalue weighted by Gasteiger charge is 2.14. The van der Waals surface area contributed by atoms with Crippen LogP contribution in [-0.4, -0.2) is 19.2 Å². The van der Waals surface area contributed by atoms with E-state index in [-0.39, 0.29) is 25.1 Å². The molecule has 1 N–H and O–H groups in total. The molecule has 2 nitrogen and oxygen atoms in total. The van der Waals surface area contributed by atoms with Gasteiger partial charge in [0.1, 0.15) is 11.6 Å². The van der Waals surface area contributed by atoms with Crippen molar-refractivity contribution in [3.8, 4) is 0 Å². The molecule has 1 unspecified atom stereocenters. The summed E-state index contributed by atoms with van der Waals surface area (Å²) in [5.41, 5.74) is 0.541. The molecule has 1 fully saturated rings. The molecule has 1 aliphatic heterocycles. The highest BCUT2D eigenvalue weighted by atomic mass is 35.5. The first-order valence-electron chi connectivity index (χ1n) is 5.01. The average molecular weight is 250 g/mol. The van der Waals surface area contributed by atoms with E-state index in [1.165, 1.54) is 12.1 Å². The number of nitrogens with one attached hydrogen (secondary N) is 1. The maximum Gasteiger partial charge on any atom is 0.126 e. The van der Waals surface area contributed by atoms with Gasteiger partial charge in [0.2, 0.25) is 0 Å². The van der Waals surface area contributed by atoms with Crippen LogP contribution in [0.2, 0.25) is 0 Å². The van der Waals surface area contributed by atoms with E-state index < -0.39 is 11.6 Å². The molecule has 1 heterocycles.